The molecule has 9 aromatic carbocycles. The molecule has 3 aliphatic carbocycles. The molecule has 9 aromatic heterocycles. The van der Waals surface area contributed by atoms with Gasteiger partial charge in [-0.2, -0.15) is 34.0 Å². The molecule has 0 atom stereocenters. The Kier molecular flexibility index (Phi) is 28.3. The van der Waals surface area contributed by atoms with Crippen molar-refractivity contribution in [2.24, 2.45) is 0 Å². The van der Waals surface area contributed by atoms with Crippen molar-refractivity contribution in [3.05, 3.63) is 345 Å². The van der Waals surface area contributed by atoms with E-state index in [2.05, 4.69) is 248 Å². The minimum absolute atomic E-state index is 0. The standard InChI is InChI=1S/3C23H22NSSi.3C11H8N.3Ir/c1-26(2,3)21-9-5-7-18-17-6-4-8-19(22(17)25-23(18)21)20-14-16(12-13-24-20)15-10-11-15;1-26(2,3)17-9-10-18-19-5-4-6-20(23(19)25-22(18)14-17)21-13-16(11-12-24-21)15-7-8-15;1-26(2,3)17-9-10-22-20(14-17)18-5-4-6-19(23(18)25-22)21-13-16(11-12-24-21)15-7-8-15;3*1-2-6-10(7-3-1)11-8-4-5-9-12-11;;;/h4-7,9,12-15H,10-11H2,1-3H3;2*4-5,9-15H,7-8H2,1-3H3;3*1-6,8-9H;;;/q6*-1;;;. The van der Waals surface area contributed by atoms with Gasteiger partial charge in [0, 0.05) is 112 Å². The zero-order valence-corrected chi connectivity index (χ0v) is 79.7. The van der Waals surface area contributed by atoms with E-state index in [1.807, 2.05) is 180 Å². The molecule has 18 aromatic rings. The van der Waals surface area contributed by atoms with Crippen molar-refractivity contribution in [3.8, 4) is 67.5 Å². The van der Waals surface area contributed by atoms with E-state index in [-0.39, 0.29) is 60.3 Å². The first-order chi connectivity index (χ1) is 55.4. The van der Waals surface area contributed by atoms with Crippen LogP contribution in [0.2, 0.25) is 58.9 Å². The Bertz CT molecular complexity index is 5970. The summed E-state index contributed by atoms with van der Waals surface area (Å²) in [5.41, 5.74) is 17.0. The molecule has 117 heavy (non-hydrogen) atoms. The molecule has 3 saturated carbocycles. The number of fused-ring (bicyclic) bond motifs is 9. The third kappa shape index (κ3) is 20.9. The summed E-state index contributed by atoms with van der Waals surface area (Å²) < 4.78 is 8.17. The number of hydrogen-bond donors (Lipinski definition) is 0. The topological polar surface area (TPSA) is 77.3 Å². The van der Waals surface area contributed by atoms with Gasteiger partial charge in [-0.25, -0.2) is 0 Å². The molecule has 0 spiro atoms. The molecule has 0 saturated heterocycles. The number of hydrogen-bond acceptors (Lipinski definition) is 9. The third-order valence-electron chi connectivity index (χ3n) is 21.1. The molecule has 3 aliphatic rings. The first-order valence-electron chi connectivity index (χ1n) is 39.6. The zero-order valence-electron chi connectivity index (χ0n) is 67.1. The van der Waals surface area contributed by atoms with Crippen LogP contribution in [0.3, 0.4) is 0 Å². The first-order valence-corrected chi connectivity index (χ1v) is 52.5. The van der Waals surface area contributed by atoms with Crippen LogP contribution >= 0.6 is 34.0 Å². The van der Waals surface area contributed by atoms with Gasteiger partial charge in [-0.1, -0.05) is 199 Å². The zero-order chi connectivity index (χ0) is 78.3. The molecule has 9 heterocycles. The molecule has 15 heteroatoms. The summed E-state index contributed by atoms with van der Waals surface area (Å²) in [6.45, 7) is 21.8. The van der Waals surface area contributed by atoms with E-state index in [1.54, 1.807) is 23.8 Å². The van der Waals surface area contributed by atoms with Crippen LogP contribution in [0.5, 0.6) is 0 Å². The van der Waals surface area contributed by atoms with Crippen LogP contribution in [0.15, 0.2) is 292 Å². The number of rotatable bonds is 12. The van der Waals surface area contributed by atoms with Crippen LogP contribution in [0.4, 0.5) is 0 Å². The van der Waals surface area contributed by atoms with Gasteiger partial charge in [0.15, 0.2) is 0 Å². The van der Waals surface area contributed by atoms with E-state index < -0.39 is 24.2 Å². The number of nitrogens with zero attached hydrogens (tertiary/aromatic N) is 6. The van der Waals surface area contributed by atoms with E-state index in [9.17, 15) is 0 Å². The summed E-state index contributed by atoms with van der Waals surface area (Å²) in [5.74, 6) is 2.24. The average Bonchev–Trinajstić information content (AvgIpc) is 1.62. The predicted molar refractivity (Wildman–Crippen MR) is 495 cm³/mol. The summed E-state index contributed by atoms with van der Waals surface area (Å²) in [7, 11) is -4.01. The van der Waals surface area contributed by atoms with Crippen molar-refractivity contribution in [3.63, 3.8) is 0 Å². The minimum atomic E-state index is -1.39. The van der Waals surface area contributed by atoms with Gasteiger partial charge in [0.2, 0.25) is 0 Å². The maximum atomic E-state index is 4.70. The van der Waals surface area contributed by atoms with Crippen molar-refractivity contribution in [1.29, 1.82) is 0 Å². The molecular weight excluding hydrogens is 2070 g/mol. The van der Waals surface area contributed by atoms with Crippen molar-refractivity contribution >= 4 is 134 Å². The van der Waals surface area contributed by atoms with E-state index in [0.29, 0.717) is 0 Å². The second-order valence-corrected chi connectivity index (χ2v) is 51.0. The monoisotopic (exact) mass is 2160 g/mol. The maximum Gasteiger partial charge on any atom is 0.0794 e. The van der Waals surface area contributed by atoms with Gasteiger partial charge in [-0.05, 0) is 174 Å². The SMILES string of the molecule is C[Si](C)(C)c1ccc2c(c1)sc1c(-c3cc(C4CC4)ccn3)[c-]ccc12.C[Si](C)(C)c1ccc2sc3c(-c4cc(C5CC5)ccn4)[c-]ccc3c2c1.C[Si](C)(C)c1cccc2c1sc1c(-c3cc(C4CC4)ccn3)[c-]ccc12.[Ir].[Ir].[Ir].[c-]1ccccc1-c1ccccn1.[c-]1ccccc1-c1ccccn1.[c-]1ccccc1-c1ccccn1. The molecule has 0 N–H and O–H groups in total. The second kappa shape index (κ2) is 38.5. The molecule has 0 aliphatic heterocycles. The number of pyridine rings is 6. The third-order valence-corrected chi connectivity index (χ3v) is 31.0. The number of thiophene rings is 3. The van der Waals surface area contributed by atoms with Crippen LogP contribution in [-0.2, 0) is 60.3 Å². The van der Waals surface area contributed by atoms with Crippen LogP contribution in [-0.4, -0.2) is 54.1 Å². The summed E-state index contributed by atoms with van der Waals surface area (Å²) in [6.07, 6.45) is 19.2. The van der Waals surface area contributed by atoms with Crippen LogP contribution in [0, 0.1) is 36.4 Å². The van der Waals surface area contributed by atoms with E-state index >= 15 is 0 Å². The quantitative estimate of drug-likeness (QED) is 0.0896. The van der Waals surface area contributed by atoms with Gasteiger partial charge in [0.25, 0.3) is 0 Å². The average molecular weight is 2160 g/mol. The second-order valence-electron chi connectivity index (χ2n) is 32.7. The summed E-state index contributed by atoms with van der Waals surface area (Å²) in [6, 6.07) is 108. The Labute approximate surface area is 745 Å². The molecule has 0 unspecified atom stereocenters. The molecule has 21 rings (SSSR count). The Morgan fingerprint density at radius 1 is 0.265 bits per heavy atom. The van der Waals surface area contributed by atoms with Crippen molar-refractivity contribution in [2.75, 3.05) is 0 Å². The molecule has 6 nitrogen and oxygen atoms in total. The maximum absolute atomic E-state index is 4.70. The number of aromatic nitrogens is 6. The van der Waals surface area contributed by atoms with Crippen molar-refractivity contribution in [2.45, 2.75) is 115 Å². The number of benzene rings is 9. The molecule has 3 radical (unpaired) electrons. The summed E-state index contributed by atoms with van der Waals surface area (Å²) in [4.78, 5) is 26.7. The van der Waals surface area contributed by atoms with Gasteiger partial charge >= 0.3 is 0 Å². The summed E-state index contributed by atoms with van der Waals surface area (Å²) in [5, 5.41) is 12.8. The van der Waals surface area contributed by atoms with E-state index in [0.717, 1.165) is 85.3 Å². The Morgan fingerprint density at radius 3 is 1.02 bits per heavy atom. The van der Waals surface area contributed by atoms with Crippen LogP contribution in [0.25, 0.3) is 128 Å². The van der Waals surface area contributed by atoms with Gasteiger partial charge in [0.05, 0.1) is 24.2 Å². The van der Waals surface area contributed by atoms with Gasteiger partial charge in [-0.15, -0.1) is 179 Å². The van der Waals surface area contributed by atoms with Crippen molar-refractivity contribution < 1.29 is 60.3 Å². The predicted octanol–water partition coefficient (Wildman–Crippen LogP) is 26.7. The fourth-order valence-electron chi connectivity index (χ4n) is 14.3. The van der Waals surface area contributed by atoms with E-state index in [1.165, 1.54) is 126 Å². The molecule has 3 fully saturated rings. The summed E-state index contributed by atoms with van der Waals surface area (Å²) >= 11 is 5.70. The first kappa shape index (κ1) is 86.0. The Hall–Kier alpha value is -8.86. The molecular formula is C102H90Ir3N6S3Si3-6. The molecule has 0 bridgehead atoms. The van der Waals surface area contributed by atoms with Crippen LogP contribution < -0.4 is 15.6 Å². The molecule has 591 valence electrons. The largest absolute Gasteiger partial charge is 0.305 e. The van der Waals surface area contributed by atoms with Gasteiger partial charge in [0.1, 0.15) is 0 Å². The minimum Gasteiger partial charge on any atom is -0.305 e. The normalized spacial score (nSPS) is 13.0. The fourth-order valence-corrected chi connectivity index (χ4v) is 22.9. The molecule has 0 amide bonds. The Morgan fingerprint density at radius 2 is 0.632 bits per heavy atom. The van der Waals surface area contributed by atoms with Gasteiger partial charge in [-0.3, -0.25) is 0 Å². The van der Waals surface area contributed by atoms with Gasteiger partial charge < -0.3 is 29.9 Å². The van der Waals surface area contributed by atoms with E-state index in [4.69, 9.17) is 4.98 Å². The van der Waals surface area contributed by atoms with Crippen molar-refractivity contribution in [1.82, 2.24) is 29.9 Å². The Balaban J connectivity index is 0.000000125. The smallest absolute Gasteiger partial charge is 0.0794 e. The van der Waals surface area contributed by atoms with Crippen LogP contribution in [0.1, 0.15) is 73.0 Å². The fraction of sp³-hybridized carbons (Fsp3) is 0.176.